The summed E-state index contributed by atoms with van der Waals surface area (Å²) in [6.45, 7) is 1.99. The van der Waals surface area contributed by atoms with Gasteiger partial charge in [0.2, 0.25) is 0 Å². The van der Waals surface area contributed by atoms with E-state index in [-0.39, 0.29) is 18.6 Å². The number of likely N-dealkylation sites (tertiary alicyclic amines) is 1. The van der Waals surface area contributed by atoms with Crippen molar-refractivity contribution in [3.63, 3.8) is 0 Å². The second-order valence-electron chi connectivity index (χ2n) is 9.36. The molecule has 1 amide bonds. The zero-order valence-corrected chi connectivity index (χ0v) is 22.5. The molecule has 0 saturated carbocycles. The van der Waals surface area contributed by atoms with Crippen LogP contribution in [0.5, 0.6) is 11.5 Å². The number of benzene rings is 4. The molecule has 1 aliphatic rings. The number of carboxylic acid groups (broad SMARTS) is 1. The first kappa shape index (κ1) is 26.1. The third-order valence-electron chi connectivity index (χ3n) is 6.84. The molecule has 2 unspecified atom stereocenters. The van der Waals surface area contributed by atoms with E-state index in [4.69, 9.17) is 14.2 Å². The fourth-order valence-electron chi connectivity index (χ4n) is 4.83. The molecule has 1 aliphatic heterocycles. The van der Waals surface area contributed by atoms with Crippen molar-refractivity contribution in [2.24, 2.45) is 0 Å². The van der Waals surface area contributed by atoms with Crippen LogP contribution in [0.4, 0.5) is 4.79 Å². The van der Waals surface area contributed by atoms with Gasteiger partial charge in [-0.2, -0.15) is 0 Å². The summed E-state index contributed by atoms with van der Waals surface area (Å²) < 4.78 is 18.9. The lowest BCUT2D eigenvalue weighted by atomic mass is 9.87. The van der Waals surface area contributed by atoms with Crippen LogP contribution >= 0.6 is 15.9 Å². The Kier molecular flexibility index (Phi) is 8.46. The molecule has 5 rings (SSSR count). The van der Waals surface area contributed by atoms with E-state index in [1.165, 1.54) is 10.3 Å². The molecular weight excluding hydrogens is 546 g/mol. The van der Waals surface area contributed by atoms with Crippen molar-refractivity contribution in [1.82, 2.24) is 4.90 Å². The van der Waals surface area contributed by atoms with E-state index in [0.29, 0.717) is 32.8 Å². The molecule has 4 aromatic rings. The highest BCUT2D eigenvalue weighted by Crippen LogP contribution is 2.32. The molecule has 0 radical (unpaired) electrons. The highest BCUT2D eigenvalue weighted by Gasteiger charge is 2.31. The zero-order valence-electron chi connectivity index (χ0n) is 20.9. The molecule has 2 atom stereocenters. The molecule has 0 aromatic heterocycles. The number of hydrogen-bond acceptors (Lipinski definition) is 5. The Labute approximate surface area is 230 Å². The Balaban J connectivity index is 1.19. The van der Waals surface area contributed by atoms with E-state index in [1.807, 2.05) is 60.7 Å². The molecule has 38 heavy (non-hydrogen) atoms. The summed E-state index contributed by atoms with van der Waals surface area (Å²) in [5.41, 5.74) is 2.16. The lowest BCUT2D eigenvalue weighted by Crippen LogP contribution is -2.51. The summed E-state index contributed by atoms with van der Waals surface area (Å²) in [5, 5.41) is 13.9. The van der Waals surface area contributed by atoms with Gasteiger partial charge in [-0.3, -0.25) is 0 Å². The van der Waals surface area contributed by atoms with Crippen LogP contribution in [0.25, 0.3) is 10.8 Å². The number of carbonyl (C=O) groups is 1. The van der Waals surface area contributed by atoms with Crippen LogP contribution in [0.15, 0.2) is 95.5 Å². The molecule has 7 heteroatoms. The average molecular weight is 575 g/mol. The fourth-order valence-corrected chi connectivity index (χ4v) is 5.09. The molecule has 196 valence electrons. The van der Waals surface area contributed by atoms with Gasteiger partial charge in [0.15, 0.2) is 0 Å². The fraction of sp³-hybridized carbons (Fsp3) is 0.258. The van der Waals surface area contributed by atoms with Crippen molar-refractivity contribution in [3.05, 3.63) is 107 Å². The van der Waals surface area contributed by atoms with Crippen molar-refractivity contribution >= 4 is 32.8 Å². The van der Waals surface area contributed by atoms with Crippen molar-refractivity contribution in [3.8, 4) is 11.5 Å². The topological polar surface area (TPSA) is 71.1 Å². The maximum Gasteiger partial charge on any atom is 0.137 e. The maximum absolute atomic E-state index is 11.6. The Hall–Kier alpha value is -3.55. The number of ether oxygens (including phenoxy) is 3. The highest BCUT2D eigenvalue weighted by atomic mass is 79.9. The molecular formula is C31H29BrNO5-. The third kappa shape index (κ3) is 6.65. The van der Waals surface area contributed by atoms with E-state index >= 15 is 0 Å². The van der Waals surface area contributed by atoms with E-state index in [1.54, 1.807) is 0 Å². The monoisotopic (exact) mass is 574 g/mol. The number of carbonyl (C=O) groups excluding carboxylic acids is 1. The van der Waals surface area contributed by atoms with Crippen molar-refractivity contribution in [2.75, 3.05) is 26.3 Å². The summed E-state index contributed by atoms with van der Waals surface area (Å²) >= 11 is 3.41. The highest BCUT2D eigenvalue weighted by molar-refractivity contribution is 9.10. The second kappa shape index (κ2) is 12.3. The number of rotatable bonds is 9. The van der Waals surface area contributed by atoms with Gasteiger partial charge < -0.3 is 29.0 Å². The molecule has 6 nitrogen and oxygen atoms in total. The third-order valence-corrected chi connectivity index (χ3v) is 7.37. The molecule has 0 aliphatic carbocycles. The summed E-state index contributed by atoms with van der Waals surface area (Å²) in [7, 11) is 0. The summed E-state index contributed by atoms with van der Waals surface area (Å²) in [5.74, 6) is 1.62. The number of fused-ring (bicyclic) bond motifs is 1. The van der Waals surface area contributed by atoms with Gasteiger partial charge in [-0.05, 0) is 70.8 Å². The van der Waals surface area contributed by atoms with Crippen LogP contribution in [0.3, 0.4) is 0 Å². The van der Waals surface area contributed by atoms with Gasteiger partial charge in [-0.1, -0.05) is 64.5 Å². The van der Waals surface area contributed by atoms with Crippen molar-refractivity contribution < 1.29 is 24.1 Å². The number of hydrogen-bond donors (Lipinski definition) is 0. The smallest absolute Gasteiger partial charge is 0.137 e. The van der Waals surface area contributed by atoms with Crippen LogP contribution in [0, 0.1) is 0 Å². The summed E-state index contributed by atoms with van der Waals surface area (Å²) in [6, 6.07) is 30.1. The predicted octanol–water partition coefficient (Wildman–Crippen LogP) is 5.78. The molecule has 4 aromatic carbocycles. The minimum absolute atomic E-state index is 0.0702. The lowest BCUT2D eigenvalue weighted by molar-refractivity contribution is -0.268. The zero-order chi connectivity index (χ0) is 26.3. The quantitative estimate of drug-likeness (QED) is 0.237. The van der Waals surface area contributed by atoms with Crippen molar-refractivity contribution in [2.45, 2.75) is 25.0 Å². The first-order valence-corrected chi connectivity index (χ1v) is 13.5. The van der Waals surface area contributed by atoms with Gasteiger partial charge >= 0.3 is 0 Å². The van der Waals surface area contributed by atoms with Crippen LogP contribution < -0.4 is 14.6 Å². The maximum atomic E-state index is 11.6. The summed E-state index contributed by atoms with van der Waals surface area (Å²) in [4.78, 5) is 12.9. The van der Waals surface area contributed by atoms with Gasteiger partial charge in [0, 0.05) is 23.5 Å². The number of piperidine rings is 1. The van der Waals surface area contributed by atoms with Gasteiger partial charge in [-0.15, -0.1) is 0 Å². The van der Waals surface area contributed by atoms with E-state index in [2.05, 4.69) is 46.3 Å². The van der Waals surface area contributed by atoms with Gasteiger partial charge in [0.25, 0.3) is 0 Å². The van der Waals surface area contributed by atoms with Crippen LogP contribution in [-0.2, 0) is 11.3 Å². The predicted molar refractivity (Wildman–Crippen MR) is 148 cm³/mol. The molecule has 1 heterocycles. The first-order chi connectivity index (χ1) is 18.5. The SMILES string of the molecule is O=C([O-])N1CCC(c2ccc(OCCOc3ccc(Br)cc3)cc2)C(OCc2ccc3ccccc3c2)C1. The molecule has 1 fully saturated rings. The molecule has 0 spiro atoms. The van der Waals surface area contributed by atoms with Gasteiger partial charge in [-0.25, -0.2) is 0 Å². The summed E-state index contributed by atoms with van der Waals surface area (Å²) in [6.07, 6.45) is -0.770. The number of nitrogens with zero attached hydrogens (tertiary/aromatic N) is 1. The van der Waals surface area contributed by atoms with Crippen LogP contribution in [-0.4, -0.2) is 43.4 Å². The van der Waals surface area contributed by atoms with E-state index < -0.39 is 6.09 Å². The first-order valence-electron chi connectivity index (χ1n) is 12.7. The molecule has 0 N–H and O–H groups in total. The normalized spacial score (nSPS) is 17.3. The van der Waals surface area contributed by atoms with E-state index in [0.717, 1.165) is 32.5 Å². The Bertz CT molecular complexity index is 1360. The Morgan fingerprint density at radius 1 is 0.868 bits per heavy atom. The Morgan fingerprint density at radius 2 is 1.53 bits per heavy atom. The van der Waals surface area contributed by atoms with Gasteiger partial charge in [0.1, 0.15) is 30.8 Å². The number of amides is 1. The van der Waals surface area contributed by atoms with Gasteiger partial charge in [0.05, 0.1) is 12.7 Å². The largest absolute Gasteiger partial charge is 0.530 e. The van der Waals surface area contributed by atoms with Crippen LogP contribution in [0.2, 0.25) is 0 Å². The lowest BCUT2D eigenvalue weighted by Gasteiger charge is -2.40. The van der Waals surface area contributed by atoms with Crippen LogP contribution in [0.1, 0.15) is 23.5 Å². The molecule has 0 bridgehead atoms. The van der Waals surface area contributed by atoms with E-state index in [9.17, 15) is 9.90 Å². The standard InChI is InChI=1S/C31H30BrNO5/c32-26-9-13-28(14-10-26)37-18-17-36-27-11-7-24(8-12-27)29-15-16-33(31(34)35)20-30(29)38-21-22-5-6-23-3-1-2-4-25(23)19-22/h1-14,19,29-30H,15-18,20-21H2,(H,34,35)/p-1. The number of halogens is 1. The average Bonchev–Trinajstić information content (AvgIpc) is 2.95. The minimum Gasteiger partial charge on any atom is -0.530 e. The van der Waals surface area contributed by atoms with Crippen molar-refractivity contribution in [1.29, 1.82) is 0 Å². The Morgan fingerprint density at radius 3 is 2.21 bits per heavy atom. The molecule has 1 saturated heterocycles. The minimum atomic E-state index is -1.16. The second-order valence-corrected chi connectivity index (χ2v) is 10.3.